The van der Waals surface area contributed by atoms with E-state index in [9.17, 15) is 4.39 Å². The Balaban J connectivity index is 2.93. The summed E-state index contributed by atoms with van der Waals surface area (Å²) in [7, 11) is 0. The summed E-state index contributed by atoms with van der Waals surface area (Å²) in [4.78, 5) is 0. The van der Waals surface area contributed by atoms with Crippen LogP contribution in [0.5, 0.6) is 0 Å². The molecule has 0 unspecified atom stereocenters. The Morgan fingerprint density at radius 2 is 2.17 bits per heavy atom. The number of hydrogen-bond acceptors (Lipinski definition) is 1. The molecule has 62 valence electrons. The van der Waals surface area contributed by atoms with Crippen molar-refractivity contribution in [1.29, 1.82) is 0 Å². The van der Waals surface area contributed by atoms with E-state index in [4.69, 9.17) is 0 Å². The highest BCUT2D eigenvalue weighted by atomic mass is 79.9. The van der Waals surface area contributed by atoms with Gasteiger partial charge in [0.25, 0.3) is 0 Å². The Morgan fingerprint density at radius 1 is 1.42 bits per heavy atom. The quantitative estimate of drug-likeness (QED) is 0.655. The molecule has 12 heavy (non-hydrogen) atoms. The van der Waals surface area contributed by atoms with E-state index in [1.807, 2.05) is 12.3 Å². The van der Waals surface area contributed by atoms with E-state index in [-0.39, 0.29) is 5.82 Å². The number of rotatable bonds is 0. The van der Waals surface area contributed by atoms with Gasteiger partial charge in [0.2, 0.25) is 0 Å². The molecule has 0 aliphatic heterocycles. The van der Waals surface area contributed by atoms with Gasteiger partial charge >= 0.3 is 0 Å². The van der Waals surface area contributed by atoms with E-state index in [1.54, 1.807) is 23.5 Å². The average molecular weight is 245 g/mol. The molecule has 0 fully saturated rings. The summed E-state index contributed by atoms with van der Waals surface area (Å²) >= 11 is 4.99. The zero-order valence-electron chi connectivity index (χ0n) is 6.40. The molecule has 0 aliphatic carbocycles. The van der Waals surface area contributed by atoms with Crippen molar-refractivity contribution in [3.8, 4) is 0 Å². The molecule has 1 aromatic carbocycles. The molecule has 0 nitrogen and oxygen atoms in total. The van der Waals surface area contributed by atoms with Crippen molar-refractivity contribution in [2.75, 3.05) is 0 Å². The van der Waals surface area contributed by atoms with E-state index < -0.39 is 0 Å². The number of halogens is 2. The van der Waals surface area contributed by atoms with Gasteiger partial charge in [-0.1, -0.05) is 0 Å². The van der Waals surface area contributed by atoms with E-state index in [0.717, 1.165) is 20.1 Å². The highest BCUT2D eigenvalue weighted by Crippen LogP contribution is 2.33. The maximum Gasteiger partial charge on any atom is 0.124 e. The second-order valence-electron chi connectivity index (χ2n) is 2.68. The van der Waals surface area contributed by atoms with Crippen LogP contribution in [-0.4, -0.2) is 0 Å². The summed E-state index contributed by atoms with van der Waals surface area (Å²) in [5, 5.41) is 3.11. The predicted molar refractivity (Wildman–Crippen MR) is 54.2 cm³/mol. The van der Waals surface area contributed by atoms with E-state index in [2.05, 4.69) is 15.9 Å². The lowest BCUT2D eigenvalue weighted by Crippen LogP contribution is -1.77. The highest BCUT2D eigenvalue weighted by Gasteiger charge is 2.05. The van der Waals surface area contributed by atoms with Crippen molar-refractivity contribution in [3.63, 3.8) is 0 Å². The normalized spacial score (nSPS) is 10.9. The Kier molecular flexibility index (Phi) is 1.93. The smallest absolute Gasteiger partial charge is 0.124 e. The molecular weight excluding hydrogens is 239 g/mol. The molecule has 3 heteroatoms. The minimum atomic E-state index is -0.158. The minimum Gasteiger partial charge on any atom is -0.207 e. The van der Waals surface area contributed by atoms with Crippen molar-refractivity contribution in [3.05, 3.63) is 33.4 Å². The molecule has 2 aromatic rings. The van der Waals surface area contributed by atoms with Crippen LogP contribution in [0, 0.1) is 12.7 Å². The molecule has 0 atom stereocenters. The van der Waals surface area contributed by atoms with Gasteiger partial charge in [0.05, 0.1) is 0 Å². The molecule has 0 spiro atoms. The molecule has 0 bridgehead atoms. The van der Waals surface area contributed by atoms with Crippen LogP contribution in [0.1, 0.15) is 5.56 Å². The van der Waals surface area contributed by atoms with Gasteiger partial charge in [0.15, 0.2) is 0 Å². The fourth-order valence-corrected chi connectivity index (χ4v) is 3.14. The molecule has 0 radical (unpaired) electrons. The van der Waals surface area contributed by atoms with E-state index >= 15 is 0 Å². The van der Waals surface area contributed by atoms with Crippen LogP contribution < -0.4 is 0 Å². The molecule has 2 rings (SSSR count). The third-order valence-corrected chi connectivity index (χ3v) is 3.65. The summed E-state index contributed by atoms with van der Waals surface area (Å²) in [6, 6.07) is 3.12. The van der Waals surface area contributed by atoms with Gasteiger partial charge in [-0.25, -0.2) is 4.39 Å². The third-order valence-electron chi connectivity index (χ3n) is 1.79. The third kappa shape index (κ3) is 1.17. The first-order valence-corrected chi connectivity index (χ1v) is 5.18. The molecular formula is C9H6BrFS. The van der Waals surface area contributed by atoms with Crippen molar-refractivity contribution >= 4 is 37.4 Å². The Morgan fingerprint density at radius 3 is 2.92 bits per heavy atom. The first kappa shape index (κ1) is 8.20. The number of aryl methyl sites for hydroxylation is 1. The summed E-state index contributed by atoms with van der Waals surface area (Å²) < 4.78 is 15.0. The largest absolute Gasteiger partial charge is 0.207 e. The van der Waals surface area contributed by atoms with Gasteiger partial charge in [-0.2, -0.15) is 0 Å². The summed E-state index contributed by atoms with van der Waals surface area (Å²) in [5.41, 5.74) is 0.984. The van der Waals surface area contributed by atoms with Crippen molar-refractivity contribution in [1.82, 2.24) is 0 Å². The van der Waals surface area contributed by atoms with Gasteiger partial charge in [-0.05, 0) is 40.5 Å². The monoisotopic (exact) mass is 244 g/mol. The fourth-order valence-electron chi connectivity index (χ4n) is 1.29. The van der Waals surface area contributed by atoms with E-state index in [0.29, 0.717) is 0 Å². The summed E-state index contributed by atoms with van der Waals surface area (Å²) in [6.07, 6.45) is 0. The number of thiophene rings is 1. The topological polar surface area (TPSA) is 0 Å². The van der Waals surface area contributed by atoms with Crippen LogP contribution in [0.3, 0.4) is 0 Å². The maximum absolute atomic E-state index is 12.9. The first-order chi connectivity index (χ1) is 5.68. The van der Waals surface area contributed by atoms with Crippen LogP contribution in [-0.2, 0) is 0 Å². The number of benzene rings is 1. The molecule has 1 heterocycles. The van der Waals surface area contributed by atoms with Gasteiger partial charge in [0, 0.05) is 19.9 Å². The van der Waals surface area contributed by atoms with Crippen LogP contribution in [0.25, 0.3) is 10.1 Å². The molecule has 1 aromatic heterocycles. The highest BCUT2D eigenvalue weighted by molar-refractivity contribution is 9.10. The molecule has 0 amide bonds. The zero-order chi connectivity index (χ0) is 8.72. The fraction of sp³-hybridized carbons (Fsp3) is 0.111. The van der Waals surface area contributed by atoms with Gasteiger partial charge in [-0.15, -0.1) is 11.3 Å². The first-order valence-electron chi connectivity index (χ1n) is 3.51. The molecule has 0 saturated heterocycles. The predicted octanol–water partition coefficient (Wildman–Crippen LogP) is 4.11. The van der Waals surface area contributed by atoms with Crippen molar-refractivity contribution in [2.24, 2.45) is 0 Å². The number of hydrogen-bond donors (Lipinski definition) is 0. The second kappa shape index (κ2) is 2.82. The van der Waals surface area contributed by atoms with Crippen molar-refractivity contribution in [2.45, 2.75) is 6.92 Å². The van der Waals surface area contributed by atoms with E-state index in [1.165, 1.54) is 0 Å². The average Bonchev–Trinajstić information content (AvgIpc) is 2.31. The number of fused-ring (bicyclic) bond motifs is 1. The maximum atomic E-state index is 12.9. The SMILES string of the molecule is Cc1cc(F)cc2scc(Br)c12. The van der Waals surface area contributed by atoms with Crippen LogP contribution in [0.2, 0.25) is 0 Å². The lowest BCUT2D eigenvalue weighted by Gasteiger charge is -1.96. The molecule has 0 aliphatic rings. The summed E-state index contributed by atoms with van der Waals surface area (Å²) in [6.45, 7) is 1.92. The Bertz CT molecular complexity index is 433. The second-order valence-corrected chi connectivity index (χ2v) is 4.45. The van der Waals surface area contributed by atoms with Crippen molar-refractivity contribution < 1.29 is 4.39 Å². The van der Waals surface area contributed by atoms with Crippen LogP contribution >= 0.6 is 27.3 Å². The van der Waals surface area contributed by atoms with Gasteiger partial charge < -0.3 is 0 Å². The standard InChI is InChI=1S/C9H6BrFS/c1-5-2-6(11)3-8-9(5)7(10)4-12-8/h2-4H,1H3. The zero-order valence-corrected chi connectivity index (χ0v) is 8.80. The lowest BCUT2D eigenvalue weighted by atomic mass is 10.1. The lowest BCUT2D eigenvalue weighted by molar-refractivity contribution is 0.629. The van der Waals surface area contributed by atoms with Gasteiger partial charge in [0.1, 0.15) is 5.82 Å². The minimum absolute atomic E-state index is 0.158. The molecule has 0 N–H and O–H groups in total. The Hall–Kier alpha value is -0.410. The summed E-state index contributed by atoms with van der Waals surface area (Å²) in [5.74, 6) is -0.158. The van der Waals surface area contributed by atoms with Crippen LogP contribution in [0.4, 0.5) is 4.39 Å². The van der Waals surface area contributed by atoms with Gasteiger partial charge in [-0.3, -0.25) is 0 Å². The van der Waals surface area contributed by atoms with Crippen LogP contribution in [0.15, 0.2) is 22.0 Å². The Labute approximate surface area is 82.2 Å². The molecule has 0 saturated carbocycles.